The van der Waals surface area contributed by atoms with Crippen molar-refractivity contribution in [1.82, 2.24) is 10.6 Å². The van der Waals surface area contributed by atoms with Crippen LogP contribution in [0.25, 0.3) is 0 Å². The molecule has 0 aromatic carbocycles. The largest absolute Gasteiger partial charge is 0.444 e. The summed E-state index contributed by atoms with van der Waals surface area (Å²) < 4.78 is 5.23. The maximum Gasteiger partial charge on any atom is 0.407 e. The summed E-state index contributed by atoms with van der Waals surface area (Å²) in [5.74, 6) is -0.610. The molecule has 0 bridgehead atoms. The van der Waals surface area contributed by atoms with E-state index in [1.165, 1.54) is 0 Å². The van der Waals surface area contributed by atoms with Crippen molar-refractivity contribution in [3.05, 3.63) is 11.4 Å². The van der Waals surface area contributed by atoms with E-state index in [-0.39, 0.29) is 23.5 Å². The highest BCUT2D eigenvalue weighted by Gasteiger charge is 2.25. The van der Waals surface area contributed by atoms with E-state index in [1.807, 2.05) is 20.8 Å². The average Bonchev–Trinajstić information content (AvgIpc) is 2.39. The zero-order chi connectivity index (χ0) is 17.6. The molecule has 1 aliphatic rings. The van der Waals surface area contributed by atoms with Gasteiger partial charge in [0.25, 0.3) is 5.91 Å². The SMILES string of the molecule is CC(C)(C)OC(=O)NC1CCC(N/C(N)=C(/C=N)C(N)=O)CC1. The molecule has 0 aliphatic heterocycles. The summed E-state index contributed by atoms with van der Waals surface area (Å²) in [6.45, 7) is 5.46. The first-order valence-electron chi connectivity index (χ1n) is 7.68. The van der Waals surface area contributed by atoms with Crippen molar-refractivity contribution in [3.8, 4) is 0 Å². The van der Waals surface area contributed by atoms with Crippen LogP contribution in [0.5, 0.6) is 0 Å². The van der Waals surface area contributed by atoms with Crippen molar-refractivity contribution >= 4 is 18.2 Å². The Morgan fingerprint density at radius 1 is 1.09 bits per heavy atom. The van der Waals surface area contributed by atoms with Crippen molar-refractivity contribution in [2.75, 3.05) is 0 Å². The van der Waals surface area contributed by atoms with Gasteiger partial charge in [0.2, 0.25) is 0 Å². The Bertz CT molecular complexity index is 488. The first kappa shape index (κ1) is 18.8. The molecule has 23 heavy (non-hydrogen) atoms. The van der Waals surface area contributed by atoms with E-state index in [4.69, 9.17) is 21.6 Å². The molecule has 7 N–H and O–H groups in total. The van der Waals surface area contributed by atoms with Crippen molar-refractivity contribution in [3.63, 3.8) is 0 Å². The molecule has 0 atom stereocenters. The Morgan fingerprint density at radius 3 is 1.96 bits per heavy atom. The van der Waals surface area contributed by atoms with E-state index >= 15 is 0 Å². The second-order valence-corrected chi connectivity index (χ2v) is 6.68. The number of ether oxygens (including phenoxy) is 1. The van der Waals surface area contributed by atoms with Gasteiger partial charge in [-0.3, -0.25) is 4.79 Å². The molecule has 0 unspecified atom stereocenters. The van der Waals surface area contributed by atoms with Gasteiger partial charge in [-0.05, 0) is 46.5 Å². The number of hydrogen-bond acceptors (Lipinski definition) is 6. The summed E-state index contributed by atoms with van der Waals surface area (Å²) >= 11 is 0. The molecule has 1 fully saturated rings. The average molecular weight is 325 g/mol. The Morgan fingerprint density at radius 2 is 1.57 bits per heavy atom. The maximum atomic E-state index is 11.7. The Hall–Kier alpha value is -2.25. The molecular weight excluding hydrogens is 298 g/mol. The van der Waals surface area contributed by atoms with Crippen molar-refractivity contribution in [2.24, 2.45) is 11.5 Å². The number of amides is 2. The Balaban J connectivity index is 2.46. The number of alkyl carbamates (subject to hydrolysis) is 1. The van der Waals surface area contributed by atoms with Crippen LogP contribution in [0.15, 0.2) is 11.4 Å². The summed E-state index contributed by atoms with van der Waals surface area (Å²) in [6, 6.07) is 0.146. The lowest BCUT2D eigenvalue weighted by molar-refractivity contribution is -0.114. The van der Waals surface area contributed by atoms with Crippen LogP contribution in [0.2, 0.25) is 0 Å². The summed E-state index contributed by atoms with van der Waals surface area (Å²) in [4.78, 5) is 22.9. The number of nitrogens with one attached hydrogen (secondary N) is 3. The third-order valence-electron chi connectivity index (χ3n) is 3.51. The fraction of sp³-hybridized carbons (Fsp3) is 0.667. The van der Waals surface area contributed by atoms with Gasteiger partial charge in [-0.25, -0.2) is 4.79 Å². The minimum atomic E-state index is -0.731. The van der Waals surface area contributed by atoms with E-state index in [0.29, 0.717) is 0 Å². The third-order valence-corrected chi connectivity index (χ3v) is 3.51. The summed E-state index contributed by atoms with van der Waals surface area (Å²) in [5, 5.41) is 13.0. The van der Waals surface area contributed by atoms with Crippen LogP contribution >= 0.6 is 0 Å². The Labute approximate surface area is 136 Å². The molecule has 0 saturated heterocycles. The standard InChI is InChI=1S/C15H27N5O3/c1-15(2,3)23-14(22)20-10-6-4-9(5-7-10)19-12(17)11(8-16)13(18)21/h8-10,16,19H,4-7,17H2,1-3H3,(H2,18,21)(H,20,22)/b12-11-,16-8?. The van der Waals surface area contributed by atoms with Crippen LogP contribution in [-0.4, -0.2) is 35.9 Å². The zero-order valence-electron chi connectivity index (χ0n) is 13.9. The molecule has 2 amide bonds. The van der Waals surface area contributed by atoms with E-state index in [9.17, 15) is 9.59 Å². The lowest BCUT2D eigenvalue weighted by atomic mass is 9.91. The van der Waals surface area contributed by atoms with Crippen LogP contribution in [0.3, 0.4) is 0 Å². The van der Waals surface area contributed by atoms with E-state index < -0.39 is 17.6 Å². The van der Waals surface area contributed by atoms with Gasteiger partial charge in [-0.15, -0.1) is 0 Å². The lowest BCUT2D eigenvalue weighted by Crippen LogP contribution is -2.44. The second kappa shape index (κ2) is 7.85. The van der Waals surface area contributed by atoms with E-state index in [0.717, 1.165) is 31.9 Å². The quantitative estimate of drug-likeness (QED) is 0.374. The molecule has 130 valence electrons. The van der Waals surface area contributed by atoms with Crippen LogP contribution in [0.1, 0.15) is 46.5 Å². The van der Waals surface area contributed by atoms with Crippen LogP contribution in [0.4, 0.5) is 4.79 Å². The van der Waals surface area contributed by atoms with Crippen molar-refractivity contribution in [2.45, 2.75) is 64.1 Å². The number of nitrogens with two attached hydrogens (primary N) is 2. The highest BCUT2D eigenvalue weighted by molar-refractivity contribution is 6.11. The molecule has 0 aromatic rings. The molecule has 0 radical (unpaired) electrons. The molecule has 0 aromatic heterocycles. The van der Waals surface area contributed by atoms with Gasteiger partial charge in [0.15, 0.2) is 0 Å². The Kier molecular flexibility index (Phi) is 6.41. The van der Waals surface area contributed by atoms with Crippen LogP contribution in [-0.2, 0) is 9.53 Å². The van der Waals surface area contributed by atoms with Crippen LogP contribution < -0.4 is 22.1 Å². The van der Waals surface area contributed by atoms with E-state index in [1.54, 1.807) is 0 Å². The molecule has 0 spiro atoms. The second-order valence-electron chi connectivity index (χ2n) is 6.68. The highest BCUT2D eigenvalue weighted by atomic mass is 16.6. The first-order chi connectivity index (χ1) is 10.6. The molecule has 8 heteroatoms. The molecule has 0 heterocycles. The minimum Gasteiger partial charge on any atom is -0.444 e. The molecular formula is C15H27N5O3. The zero-order valence-corrected chi connectivity index (χ0v) is 13.9. The number of primary amides is 1. The molecule has 1 aliphatic carbocycles. The van der Waals surface area contributed by atoms with Gasteiger partial charge in [0.1, 0.15) is 11.4 Å². The smallest absolute Gasteiger partial charge is 0.407 e. The predicted octanol–water partition coefficient (Wildman–Crippen LogP) is 0.717. The van der Waals surface area contributed by atoms with E-state index in [2.05, 4.69) is 10.6 Å². The summed E-state index contributed by atoms with van der Waals surface area (Å²) in [5.41, 5.74) is 10.4. The first-order valence-corrected chi connectivity index (χ1v) is 7.68. The fourth-order valence-corrected chi connectivity index (χ4v) is 2.44. The number of hydrogen-bond donors (Lipinski definition) is 5. The van der Waals surface area contributed by atoms with Gasteiger partial charge in [0, 0.05) is 18.3 Å². The van der Waals surface area contributed by atoms with Gasteiger partial charge >= 0.3 is 6.09 Å². The monoisotopic (exact) mass is 325 g/mol. The third kappa shape index (κ3) is 6.58. The molecule has 8 nitrogen and oxygen atoms in total. The lowest BCUT2D eigenvalue weighted by Gasteiger charge is -2.31. The van der Waals surface area contributed by atoms with Gasteiger partial charge in [-0.2, -0.15) is 0 Å². The minimum absolute atomic E-state index is 0.0287. The maximum absolute atomic E-state index is 11.7. The fourth-order valence-electron chi connectivity index (χ4n) is 2.44. The summed E-state index contributed by atoms with van der Waals surface area (Å²) in [7, 11) is 0. The topological polar surface area (TPSA) is 143 Å². The van der Waals surface area contributed by atoms with Gasteiger partial charge in [0.05, 0.1) is 5.57 Å². The summed E-state index contributed by atoms with van der Waals surface area (Å²) in [6.07, 6.45) is 3.56. The number of carbonyl (C=O) groups excluding carboxylic acids is 2. The van der Waals surface area contributed by atoms with Crippen molar-refractivity contribution < 1.29 is 14.3 Å². The number of rotatable bonds is 5. The van der Waals surface area contributed by atoms with Crippen LogP contribution in [0, 0.1) is 5.41 Å². The molecule has 1 saturated carbocycles. The molecule has 1 rings (SSSR count). The van der Waals surface area contributed by atoms with Crippen molar-refractivity contribution in [1.29, 1.82) is 5.41 Å². The highest BCUT2D eigenvalue weighted by Crippen LogP contribution is 2.20. The van der Waals surface area contributed by atoms with Gasteiger partial charge < -0.3 is 32.2 Å². The van der Waals surface area contributed by atoms with Gasteiger partial charge in [-0.1, -0.05) is 0 Å². The number of carbonyl (C=O) groups is 2. The normalized spacial score (nSPS) is 22.6. The predicted molar refractivity (Wildman–Crippen MR) is 87.7 cm³/mol.